The normalized spacial score (nSPS) is 21.2. The molecule has 0 aliphatic carbocycles. The second-order valence-electron chi connectivity index (χ2n) is 4.11. The molecule has 1 atom stereocenters. The Balaban J connectivity index is 2.20. The van der Waals surface area contributed by atoms with Crippen LogP contribution in [0.1, 0.15) is 18.9 Å². The van der Waals surface area contributed by atoms with Crippen molar-refractivity contribution in [3.63, 3.8) is 0 Å². The molecular weight excluding hydrogens is 268 g/mol. The van der Waals surface area contributed by atoms with Crippen LogP contribution in [0.5, 0.6) is 0 Å². The summed E-state index contributed by atoms with van der Waals surface area (Å²) >= 11 is 3.61. The Morgan fingerprint density at radius 1 is 1.62 bits per heavy atom. The topological polar surface area (TPSA) is 25.4 Å². The van der Waals surface area contributed by atoms with E-state index in [1.807, 2.05) is 12.3 Å². The Bertz CT molecular complexity index is 370. The smallest absolute Gasteiger partial charge is 0.143 e. The van der Waals surface area contributed by atoms with Crippen molar-refractivity contribution in [1.82, 2.24) is 4.98 Å². The number of halogens is 1. The predicted molar refractivity (Wildman–Crippen MR) is 68.9 cm³/mol. The highest BCUT2D eigenvalue weighted by molar-refractivity contribution is 9.10. The SMILES string of the molecule is CCC1CN(c2nccc(C)c2Br)CCO1. The number of rotatable bonds is 2. The first-order chi connectivity index (χ1) is 7.72. The number of aryl methyl sites for hydroxylation is 1. The van der Waals surface area contributed by atoms with Crippen LogP contribution in [-0.4, -0.2) is 30.8 Å². The molecule has 0 spiro atoms. The highest BCUT2D eigenvalue weighted by atomic mass is 79.9. The van der Waals surface area contributed by atoms with E-state index >= 15 is 0 Å². The monoisotopic (exact) mass is 284 g/mol. The summed E-state index contributed by atoms with van der Waals surface area (Å²) in [5.74, 6) is 1.04. The standard InChI is InChI=1S/C12H17BrN2O/c1-3-10-8-15(6-7-16-10)12-11(13)9(2)4-5-14-12/h4-5,10H,3,6-8H2,1-2H3. The summed E-state index contributed by atoms with van der Waals surface area (Å²) in [6.07, 6.45) is 3.26. The van der Waals surface area contributed by atoms with E-state index in [1.165, 1.54) is 5.56 Å². The van der Waals surface area contributed by atoms with Crippen molar-refractivity contribution in [1.29, 1.82) is 0 Å². The first-order valence-electron chi connectivity index (χ1n) is 5.70. The molecule has 0 amide bonds. The minimum absolute atomic E-state index is 0.336. The maximum absolute atomic E-state index is 5.66. The predicted octanol–water partition coefficient (Wildman–Crippen LogP) is 2.77. The van der Waals surface area contributed by atoms with Crippen LogP contribution in [0.25, 0.3) is 0 Å². The van der Waals surface area contributed by atoms with Crippen LogP contribution in [0.3, 0.4) is 0 Å². The molecule has 0 bridgehead atoms. The molecule has 0 saturated carbocycles. The first kappa shape index (κ1) is 11.9. The number of hydrogen-bond acceptors (Lipinski definition) is 3. The lowest BCUT2D eigenvalue weighted by molar-refractivity contribution is 0.0381. The fourth-order valence-corrected chi connectivity index (χ4v) is 2.39. The lowest BCUT2D eigenvalue weighted by Crippen LogP contribution is -2.42. The minimum Gasteiger partial charge on any atom is -0.375 e. The van der Waals surface area contributed by atoms with Gasteiger partial charge in [-0.05, 0) is 40.9 Å². The molecule has 1 fully saturated rings. The molecule has 1 saturated heterocycles. The summed E-state index contributed by atoms with van der Waals surface area (Å²) in [7, 11) is 0. The molecule has 0 aromatic carbocycles. The van der Waals surface area contributed by atoms with E-state index in [9.17, 15) is 0 Å². The molecular formula is C12H17BrN2O. The quantitative estimate of drug-likeness (QED) is 0.835. The van der Waals surface area contributed by atoms with E-state index in [0.717, 1.165) is 36.4 Å². The fraction of sp³-hybridized carbons (Fsp3) is 0.583. The third kappa shape index (κ3) is 2.38. The third-order valence-corrected chi connectivity index (χ3v) is 3.94. The Morgan fingerprint density at radius 3 is 3.19 bits per heavy atom. The van der Waals surface area contributed by atoms with Crippen molar-refractivity contribution in [3.05, 3.63) is 22.3 Å². The van der Waals surface area contributed by atoms with Gasteiger partial charge in [-0.25, -0.2) is 4.98 Å². The average molecular weight is 285 g/mol. The molecule has 3 nitrogen and oxygen atoms in total. The zero-order valence-corrected chi connectivity index (χ0v) is 11.3. The van der Waals surface area contributed by atoms with Gasteiger partial charge in [0, 0.05) is 19.3 Å². The van der Waals surface area contributed by atoms with Crippen molar-refractivity contribution in [2.75, 3.05) is 24.6 Å². The summed E-state index contributed by atoms with van der Waals surface area (Å²) in [5, 5.41) is 0. The number of morpholine rings is 1. The van der Waals surface area contributed by atoms with Gasteiger partial charge in [0.1, 0.15) is 5.82 Å². The van der Waals surface area contributed by atoms with Gasteiger partial charge in [-0.15, -0.1) is 0 Å². The Labute approximate surface area is 105 Å². The van der Waals surface area contributed by atoms with Crippen LogP contribution < -0.4 is 4.90 Å². The number of nitrogens with zero attached hydrogens (tertiary/aromatic N) is 2. The summed E-state index contributed by atoms with van der Waals surface area (Å²) in [4.78, 5) is 6.76. The second-order valence-corrected chi connectivity index (χ2v) is 4.91. The number of anilines is 1. The minimum atomic E-state index is 0.336. The summed E-state index contributed by atoms with van der Waals surface area (Å²) in [5.41, 5.74) is 1.23. The number of hydrogen-bond donors (Lipinski definition) is 0. The highest BCUT2D eigenvalue weighted by Gasteiger charge is 2.21. The van der Waals surface area contributed by atoms with Crippen molar-refractivity contribution in [2.45, 2.75) is 26.4 Å². The van der Waals surface area contributed by atoms with Gasteiger partial charge in [0.15, 0.2) is 0 Å². The van der Waals surface area contributed by atoms with Crippen LogP contribution in [-0.2, 0) is 4.74 Å². The van der Waals surface area contributed by atoms with Gasteiger partial charge in [0.2, 0.25) is 0 Å². The molecule has 1 aliphatic rings. The lowest BCUT2D eigenvalue weighted by Gasteiger charge is -2.34. The van der Waals surface area contributed by atoms with Gasteiger partial charge < -0.3 is 9.64 Å². The van der Waals surface area contributed by atoms with Gasteiger partial charge in [0.05, 0.1) is 17.2 Å². The van der Waals surface area contributed by atoms with Crippen LogP contribution in [0.2, 0.25) is 0 Å². The molecule has 0 radical (unpaired) electrons. The summed E-state index contributed by atoms with van der Waals surface area (Å²) < 4.78 is 6.77. The molecule has 16 heavy (non-hydrogen) atoms. The zero-order valence-electron chi connectivity index (χ0n) is 9.74. The van der Waals surface area contributed by atoms with Gasteiger partial charge >= 0.3 is 0 Å². The van der Waals surface area contributed by atoms with Crippen molar-refractivity contribution >= 4 is 21.7 Å². The molecule has 1 aromatic rings. The summed E-state index contributed by atoms with van der Waals surface area (Å²) in [6.45, 7) is 6.90. The molecule has 1 unspecified atom stereocenters. The van der Waals surface area contributed by atoms with Crippen molar-refractivity contribution < 1.29 is 4.74 Å². The van der Waals surface area contributed by atoms with Crippen LogP contribution in [0, 0.1) is 6.92 Å². The average Bonchev–Trinajstić information content (AvgIpc) is 2.33. The van der Waals surface area contributed by atoms with Crippen LogP contribution in [0.4, 0.5) is 5.82 Å². The molecule has 2 heterocycles. The maximum Gasteiger partial charge on any atom is 0.143 e. The highest BCUT2D eigenvalue weighted by Crippen LogP contribution is 2.28. The van der Waals surface area contributed by atoms with Gasteiger partial charge in [-0.3, -0.25) is 0 Å². The van der Waals surface area contributed by atoms with Crippen molar-refractivity contribution in [2.24, 2.45) is 0 Å². The molecule has 0 N–H and O–H groups in total. The van der Waals surface area contributed by atoms with E-state index < -0.39 is 0 Å². The summed E-state index contributed by atoms with van der Waals surface area (Å²) in [6, 6.07) is 2.02. The zero-order chi connectivity index (χ0) is 11.5. The van der Waals surface area contributed by atoms with Crippen molar-refractivity contribution in [3.8, 4) is 0 Å². The third-order valence-electron chi connectivity index (χ3n) is 2.96. The van der Waals surface area contributed by atoms with E-state index in [0.29, 0.717) is 6.10 Å². The molecule has 1 aromatic heterocycles. The van der Waals surface area contributed by atoms with E-state index in [2.05, 4.69) is 39.7 Å². The first-order valence-corrected chi connectivity index (χ1v) is 6.49. The second kappa shape index (κ2) is 5.15. The molecule has 1 aliphatic heterocycles. The molecule has 88 valence electrons. The fourth-order valence-electron chi connectivity index (χ4n) is 1.91. The van der Waals surface area contributed by atoms with Gasteiger partial charge in [-0.1, -0.05) is 6.92 Å². The largest absolute Gasteiger partial charge is 0.375 e. The molecule has 4 heteroatoms. The number of aromatic nitrogens is 1. The Hall–Kier alpha value is -0.610. The number of ether oxygens (including phenoxy) is 1. The lowest BCUT2D eigenvalue weighted by atomic mass is 10.2. The Morgan fingerprint density at radius 2 is 2.44 bits per heavy atom. The van der Waals surface area contributed by atoms with E-state index in [4.69, 9.17) is 4.74 Å². The van der Waals surface area contributed by atoms with Crippen LogP contribution >= 0.6 is 15.9 Å². The Kier molecular flexibility index (Phi) is 3.82. The van der Waals surface area contributed by atoms with Gasteiger partial charge in [0.25, 0.3) is 0 Å². The van der Waals surface area contributed by atoms with Crippen LogP contribution in [0.15, 0.2) is 16.7 Å². The number of pyridine rings is 1. The van der Waals surface area contributed by atoms with E-state index in [1.54, 1.807) is 0 Å². The maximum atomic E-state index is 5.66. The van der Waals surface area contributed by atoms with Gasteiger partial charge in [-0.2, -0.15) is 0 Å². The van der Waals surface area contributed by atoms with E-state index in [-0.39, 0.29) is 0 Å². The molecule has 2 rings (SSSR count).